The SMILES string of the molecule is CC1(CN(Cc2ccccc2)Cc2ccn[nH]2)CCNC1. The summed E-state index contributed by atoms with van der Waals surface area (Å²) in [6.07, 6.45) is 3.08. The summed E-state index contributed by atoms with van der Waals surface area (Å²) >= 11 is 0. The molecular weight excluding hydrogens is 260 g/mol. The first-order chi connectivity index (χ1) is 10.2. The van der Waals surface area contributed by atoms with Crippen molar-refractivity contribution < 1.29 is 0 Å². The number of nitrogens with zero attached hydrogens (tertiary/aromatic N) is 2. The number of benzene rings is 1. The molecule has 1 aliphatic rings. The van der Waals surface area contributed by atoms with E-state index in [1.54, 1.807) is 0 Å². The van der Waals surface area contributed by atoms with Crippen molar-refractivity contribution in [1.82, 2.24) is 20.4 Å². The van der Waals surface area contributed by atoms with Crippen LogP contribution in [0.25, 0.3) is 0 Å². The van der Waals surface area contributed by atoms with Crippen molar-refractivity contribution in [2.45, 2.75) is 26.4 Å². The van der Waals surface area contributed by atoms with Crippen molar-refractivity contribution >= 4 is 0 Å². The predicted molar refractivity (Wildman–Crippen MR) is 84.7 cm³/mol. The Bertz CT molecular complexity index is 529. The molecule has 4 nitrogen and oxygen atoms in total. The van der Waals surface area contributed by atoms with E-state index in [2.05, 4.69) is 63.7 Å². The van der Waals surface area contributed by atoms with Gasteiger partial charge in [0.25, 0.3) is 0 Å². The quantitative estimate of drug-likeness (QED) is 0.856. The number of nitrogens with one attached hydrogen (secondary N) is 2. The van der Waals surface area contributed by atoms with Crippen LogP contribution in [0.15, 0.2) is 42.6 Å². The summed E-state index contributed by atoms with van der Waals surface area (Å²) in [5.41, 5.74) is 2.92. The standard InChI is InChI=1S/C17H24N4/c1-17(8-10-18-13-17)14-21(12-16-7-9-19-20-16)11-15-5-3-2-4-6-15/h2-7,9,18H,8,10-14H2,1H3,(H,19,20). The average molecular weight is 284 g/mol. The van der Waals surface area contributed by atoms with E-state index in [0.29, 0.717) is 5.41 Å². The lowest BCUT2D eigenvalue weighted by Crippen LogP contribution is -2.36. The lowest BCUT2D eigenvalue weighted by molar-refractivity contribution is 0.162. The van der Waals surface area contributed by atoms with Crippen molar-refractivity contribution in [3.63, 3.8) is 0 Å². The van der Waals surface area contributed by atoms with Crippen LogP contribution in [0.5, 0.6) is 0 Å². The van der Waals surface area contributed by atoms with Crippen LogP contribution in [0.3, 0.4) is 0 Å². The van der Waals surface area contributed by atoms with Gasteiger partial charge in [-0.25, -0.2) is 0 Å². The van der Waals surface area contributed by atoms with Crippen LogP contribution in [-0.4, -0.2) is 34.7 Å². The minimum Gasteiger partial charge on any atom is -0.316 e. The number of hydrogen-bond donors (Lipinski definition) is 2. The van der Waals surface area contributed by atoms with Gasteiger partial charge in [0.2, 0.25) is 0 Å². The maximum Gasteiger partial charge on any atom is 0.0492 e. The number of rotatable bonds is 6. The van der Waals surface area contributed by atoms with E-state index in [1.807, 2.05) is 6.20 Å². The zero-order valence-electron chi connectivity index (χ0n) is 12.7. The molecule has 0 amide bonds. The molecule has 0 aliphatic carbocycles. The van der Waals surface area contributed by atoms with Crippen molar-refractivity contribution in [3.05, 3.63) is 53.9 Å². The summed E-state index contributed by atoms with van der Waals surface area (Å²) in [4.78, 5) is 2.52. The molecule has 1 aromatic carbocycles. The van der Waals surface area contributed by atoms with Crippen LogP contribution < -0.4 is 5.32 Å². The second kappa shape index (κ2) is 6.41. The average Bonchev–Trinajstić information content (AvgIpc) is 3.12. The number of H-pyrrole nitrogens is 1. The van der Waals surface area contributed by atoms with Gasteiger partial charge in [0.05, 0.1) is 0 Å². The summed E-state index contributed by atoms with van der Waals surface area (Å²) in [5, 5.41) is 10.6. The molecule has 2 aromatic rings. The second-order valence-electron chi connectivity index (χ2n) is 6.45. The fourth-order valence-electron chi connectivity index (χ4n) is 3.17. The maximum absolute atomic E-state index is 4.07. The third-order valence-corrected chi connectivity index (χ3v) is 4.26. The Kier molecular flexibility index (Phi) is 4.36. The lowest BCUT2D eigenvalue weighted by atomic mass is 9.89. The Balaban J connectivity index is 1.70. The topological polar surface area (TPSA) is 44.0 Å². The molecule has 0 radical (unpaired) electrons. The molecule has 4 heteroatoms. The first kappa shape index (κ1) is 14.3. The monoisotopic (exact) mass is 284 g/mol. The highest BCUT2D eigenvalue weighted by molar-refractivity contribution is 5.15. The van der Waals surface area contributed by atoms with E-state index in [1.165, 1.54) is 17.7 Å². The molecule has 0 bridgehead atoms. The second-order valence-corrected chi connectivity index (χ2v) is 6.45. The largest absolute Gasteiger partial charge is 0.316 e. The van der Waals surface area contributed by atoms with Gasteiger partial charge in [0, 0.05) is 38.1 Å². The maximum atomic E-state index is 4.07. The normalized spacial score (nSPS) is 22.0. The fraction of sp³-hybridized carbons (Fsp3) is 0.471. The van der Waals surface area contributed by atoms with Gasteiger partial charge in [0.1, 0.15) is 0 Å². The van der Waals surface area contributed by atoms with Gasteiger partial charge in [-0.3, -0.25) is 10.00 Å². The van der Waals surface area contributed by atoms with Gasteiger partial charge >= 0.3 is 0 Å². The summed E-state index contributed by atoms with van der Waals surface area (Å²) in [6, 6.07) is 12.8. The van der Waals surface area contributed by atoms with Gasteiger partial charge in [-0.05, 0) is 30.0 Å². The Morgan fingerprint density at radius 2 is 2.05 bits per heavy atom. The van der Waals surface area contributed by atoms with Gasteiger partial charge in [-0.15, -0.1) is 0 Å². The van der Waals surface area contributed by atoms with E-state index in [-0.39, 0.29) is 0 Å². The third kappa shape index (κ3) is 3.93. The van der Waals surface area contributed by atoms with Gasteiger partial charge < -0.3 is 5.32 Å². The number of aromatic amines is 1. The van der Waals surface area contributed by atoms with E-state index in [0.717, 1.165) is 32.7 Å². The van der Waals surface area contributed by atoms with Crippen molar-refractivity contribution in [3.8, 4) is 0 Å². The fourth-order valence-corrected chi connectivity index (χ4v) is 3.17. The van der Waals surface area contributed by atoms with E-state index in [4.69, 9.17) is 0 Å². The molecule has 2 heterocycles. The van der Waals surface area contributed by atoms with Crippen molar-refractivity contribution in [2.24, 2.45) is 5.41 Å². The van der Waals surface area contributed by atoms with E-state index >= 15 is 0 Å². The van der Waals surface area contributed by atoms with Crippen molar-refractivity contribution in [1.29, 1.82) is 0 Å². The predicted octanol–water partition coefficient (Wildman–Crippen LogP) is 2.41. The van der Waals surface area contributed by atoms with Crippen molar-refractivity contribution in [2.75, 3.05) is 19.6 Å². The molecule has 3 rings (SSSR count). The molecule has 1 saturated heterocycles. The molecule has 2 N–H and O–H groups in total. The van der Waals surface area contributed by atoms with Crippen LogP contribution in [-0.2, 0) is 13.1 Å². The lowest BCUT2D eigenvalue weighted by Gasteiger charge is -2.31. The minimum atomic E-state index is 0.370. The molecule has 21 heavy (non-hydrogen) atoms. The Labute approximate surface area is 126 Å². The molecule has 1 fully saturated rings. The highest BCUT2D eigenvalue weighted by Crippen LogP contribution is 2.27. The van der Waals surface area contributed by atoms with Crippen LogP contribution >= 0.6 is 0 Å². The zero-order chi connectivity index (χ0) is 14.5. The zero-order valence-corrected chi connectivity index (χ0v) is 12.7. The Morgan fingerprint density at radius 3 is 2.71 bits per heavy atom. The van der Waals surface area contributed by atoms with Gasteiger partial charge in [-0.2, -0.15) is 5.10 Å². The first-order valence-electron chi connectivity index (χ1n) is 7.69. The third-order valence-electron chi connectivity index (χ3n) is 4.26. The van der Waals surface area contributed by atoms with Crippen LogP contribution in [0, 0.1) is 5.41 Å². The molecule has 0 saturated carbocycles. The molecule has 112 valence electrons. The molecule has 1 aromatic heterocycles. The summed E-state index contributed by atoms with van der Waals surface area (Å²) < 4.78 is 0. The minimum absolute atomic E-state index is 0.370. The number of hydrogen-bond acceptors (Lipinski definition) is 3. The Morgan fingerprint density at radius 1 is 1.19 bits per heavy atom. The molecular formula is C17H24N4. The summed E-state index contributed by atoms with van der Waals surface area (Å²) in [6.45, 7) is 7.65. The smallest absolute Gasteiger partial charge is 0.0492 e. The van der Waals surface area contributed by atoms with Gasteiger partial charge in [-0.1, -0.05) is 37.3 Å². The van der Waals surface area contributed by atoms with Crippen LogP contribution in [0.4, 0.5) is 0 Å². The summed E-state index contributed by atoms with van der Waals surface area (Å²) in [7, 11) is 0. The molecule has 1 atom stereocenters. The molecule has 1 unspecified atom stereocenters. The highest BCUT2D eigenvalue weighted by atomic mass is 15.2. The van der Waals surface area contributed by atoms with Crippen LogP contribution in [0.2, 0.25) is 0 Å². The van der Waals surface area contributed by atoms with E-state index in [9.17, 15) is 0 Å². The van der Waals surface area contributed by atoms with Crippen LogP contribution in [0.1, 0.15) is 24.6 Å². The summed E-state index contributed by atoms with van der Waals surface area (Å²) in [5.74, 6) is 0. The Hall–Kier alpha value is -1.65. The molecule has 0 spiro atoms. The molecule has 1 aliphatic heterocycles. The van der Waals surface area contributed by atoms with Gasteiger partial charge in [0.15, 0.2) is 0 Å². The highest BCUT2D eigenvalue weighted by Gasteiger charge is 2.30. The van der Waals surface area contributed by atoms with E-state index < -0.39 is 0 Å². The number of aromatic nitrogens is 2. The first-order valence-corrected chi connectivity index (χ1v) is 7.69.